The Hall–Kier alpha value is -1.30. The van der Waals surface area contributed by atoms with Crippen LogP contribution in [-0.2, 0) is 4.74 Å². The Kier molecular flexibility index (Phi) is 4.63. The van der Waals surface area contributed by atoms with E-state index in [1.54, 1.807) is 30.1 Å². The van der Waals surface area contributed by atoms with E-state index >= 15 is 0 Å². The molecule has 6 heteroatoms. The summed E-state index contributed by atoms with van der Waals surface area (Å²) in [6, 6.07) is 4.83. The summed E-state index contributed by atoms with van der Waals surface area (Å²) >= 11 is 5.95. The van der Waals surface area contributed by atoms with E-state index in [-0.39, 0.29) is 18.6 Å². The number of hydrogen-bond donors (Lipinski definition) is 2. The number of hydrogen-bond acceptors (Lipinski definition) is 4. The van der Waals surface area contributed by atoms with Crippen molar-refractivity contribution in [1.82, 2.24) is 4.90 Å². The molecule has 1 unspecified atom stereocenters. The second-order valence-electron chi connectivity index (χ2n) is 4.35. The average molecular weight is 285 g/mol. The first kappa shape index (κ1) is 14.1. The lowest BCUT2D eigenvalue weighted by molar-refractivity contribution is -0.0183. The maximum absolute atomic E-state index is 12.6. The summed E-state index contributed by atoms with van der Waals surface area (Å²) in [5.74, 6) is -0.144. The highest BCUT2D eigenvalue weighted by atomic mass is 35.5. The van der Waals surface area contributed by atoms with E-state index in [0.717, 1.165) is 5.69 Å². The fourth-order valence-electron chi connectivity index (χ4n) is 2.14. The first-order chi connectivity index (χ1) is 9.17. The van der Waals surface area contributed by atoms with Crippen molar-refractivity contribution in [3.63, 3.8) is 0 Å². The van der Waals surface area contributed by atoms with Crippen molar-refractivity contribution >= 4 is 23.2 Å². The Labute approximate surface area is 117 Å². The number of aliphatic hydroxyl groups excluding tert-OH is 1. The lowest BCUT2D eigenvalue weighted by Crippen LogP contribution is -2.50. The minimum Gasteiger partial charge on any atom is -0.394 e. The molecule has 1 atom stereocenters. The van der Waals surface area contributed by atoms with Crippen LogP contribution >= 0.6 is 11.6 Å². The zero-order valence-corrected chi connectivity index (χ0v) is 11.5. The van der Waals surface area contributed by atoms with E-state index in [9.17, 15) is 9.90 Å². The molecule has 0 aliphatic carbocycles. The van der Waals surface area contributed by atoms with Gasteiger partial charge in [0.05, 0.1) is 31.4 Å². The van der Waals surface area contributed by atoms with Gasteiger partial charge in [0.25, 0.3) is 5.91 Å². The number of anilines is 1. The molecule has 0 aromatic heterocycles. The standard InChI is InChI=1S/C13H17ClN2O3/c1-15-12-3-2-9(14)6-11(12)13(18)16-4-5-19-8-10(16)7-17/h2-3,6,10,15,17H,4-5,7-8H2,1H3. The number of aliphatic hydroxyl groups is 1. The predicted octanol–water partition coefficient (Wildman–Crippen LogP) is 1.21. The summed E-state index contributed by atoms with van der Waals surface area (Å²) < 4.78 is 5.27. The van der Waals surface area contributed by atoms with E-state index in [0.29, 0.717) is 30.3 Å². The molecule has 2 N–H and O–H groups in total. The summed E-state index contributed by atoms with van der Waals surface area (Å²) in [6.07, 6.45) is 0. The van der Waals surface area contributed by atoms with E-state index in [2.05, 4.69) is 5.32 Å². The van der Waals surface area contributed by atoms with Crippen molar-refractivity contribution in [2.45, 2.75) is 6.04 Å². The first-order valence-electron chi connectivity index (χ1n) is 6.14. The summed E-state index contributed by atoms with van der Waals surface area (Å²) in [5.41, 5.74) is 1.23. The first-order valence-corrected chi connectivity index (χ1v) is 6.52. The summed E-state index contributed by atoms with van der Waals surface area (Å²) in [6.45, 7) is 1.20. The van der Waals surface area contributed by atoms with Crippen LogP contribution in [0.25, 0.3) is 0 Å². The third kappa shape index (κ3) is 3.00. The molecular weight excluding hydrogens is 268 g/mol. The second kappa shape index (κ2) is 6.23. The van der Waals surface area contributed by atoms with Gasteiger partial charge in [0.2, 0.25) is 0 Å². The SMILES string of the molecule is CNc1ccc(Cl)cc1C(=O)N1CCOCC1CO. The van der Waals surface area contributed by atoms with Crippen molar-refractivity contribution < 1.29 is 14.6 Å². The molecule has 0 radical (unpaired) electrons. The van der Waals surface area contributed by atoms with Gasteiger partial charge in [-0.25, -0.2) is 0 Å². The monoisotopic (exact) mass is 284 g/mol. The molecule has 2 rings (SSSR count). The number of nitrogens with zero attached hydrogens (tertiary/aromatic N) is 1. The average Bonchev–Trinajstić information content (AvgIpc) is 2.46. The fourth-order valence-corrected chi connectivity index (χ4v) is 2.31. The molecule has 1 aromatic carbocycles. The number of rotatable bonds is 3. The Balaban J connectivity index is 2.29. The molecule has 0 spiro atoms. The molecule has 1 heterocycles. The second-order valence-corrected chi connectivity index (χ2v) is 4.79. The van der Waals surface area contributed by atoms with Crippen LogP contribution in [-0.4, -0.2) is 55.4 Å². The largest absolute Gasteiger partial charge is 0.394 e. The molecule has 1 aliphatic rings. The van der Waals surface area contributed by atoms with E-state index in [1.165, 1.54) is 0 Å². The Morgan fingerprint density at radius 2 is 2.42 bits per heavy atom. The molecule has 1 aliphatic heterocycles. The third-order valence-corrected chi connectivity index (χ3v) is 3.42. The molecule has 0 saturated carbocycles. The molecule has 104 valence electrons. The van der Waals surface area contributed by atoms with Crippen LogP contribution in [0.4, 0.5) is 5.69 Å². The van der Waals surface area contributed by atoms with Crippen molar-refractivity contribution in [1.29, 1.82) is 0 Å². The molecular formula is C13H17ClN2O3. The van der Waals surface area contributed by atoms with Gasteiger partial charge >= 0.3 is 0 Å². The van der Waals surface area contributed by atoms with E-state index in [4.69, 9.17) is 16.3 Å². The van der Waals surface area contributed by atoms with Gasteiger partial charge in [0, 0.05) is 24.3 Å². The maximum Gasteiger partial charge on any atom is 0.256 e. The molecule has 1 aromatic rings. The zero-order valence-electron chi connectivity index (χ0n) is 10.7. The van der Waals surface area contributed by atoms with Crippen molar-refractivity contribution in [3.05, 3.63) is 28.8 Å². The Morgan fingerprint density at radius 3 is 3.11 bits per heavy atom. The summed E-state index contributed by atoms with van der Waals surface area (Å²) in [7, 11) is 1.75. The summed E-state index contributed by atoms with van der Waals surface area (Å²) in [5, 5.41) is 12.8. The topological polar surface area (TPSA) is 61.8 Å². The Morgan fingerprint density at radius 1 is 1.63 bits per heavy atom. The van der Waals surface area contributed by atoms with Crippen molar-refractivity contribution in [2.75, 3.05) is 38.7 Å². The normalized spacial score (nSPS) is 19.3. The maximum atomic E-state index is 12.6. The molecule has 0 bridgehead atoms. The van der Waals surface area contributed by atoms with Crippen LogP contribution in [0.2, 0.25) is 5.02 Å². The lowest BCUT2D eigenvalue weighted by atomic mass is 10.1. The summed E-state index contributed by atoms with van der Waals surface area (Å²) in [4.78, 5) is 14.2. The highest BCUT2D eigenvalue weighted by Gasteiger charge is 2.28. The fraction of sp³-hybridized carbons (Fsp3) is 0.462. The van der Waals surface area contributed by atoms with Crippen LogP contribution in [0.1, 0.15) is 10.4 Å². The highest BCUT2D eigenvalue weighted by molar-refractivity contribution is 6.31. The van der Waals surface area contributed by atoms with Gasteiger partial charge in [-0.2, -0.15) is 0 Å². The number of morpholine rings is 1. The number of benzene rings is 1. The highest BCUT2D eigenvalue weighted by Crippen LogP contribution is 2.23. The minimum atomic E-state index is -0.301. The van der Waals surface area contributed by atoms with Crippen molar-refractivity contribution in [2.24, 2.45) is 0 Å². The van der Waals surface area contributed by atoms with Gasteiger partial charge < -0.3 is 20.1 Å². The number of carbonyl (C=O) groups is 1. The van der Waals surface area contributed by atoms with Crippen LogP contribution in [0.3, 0.4) is 0 Å². The van der Waals surface area contributed by atoms with Crippen LogP contribution in [0.5, 0.6) is 0 Å². The zero-order chi connectivity index (χ0) is 13.8. The van der Waals surface area contributed by atoms with Crippen molar-refractivity contribution in [3.8, 4) is 0 Å². The minimum absolute atomic E-state index is 0.110. The van der Waals surface area contributed by atoms with Gasteiger partial charge in [-0.3, -0.25) is 4.79 Å². The van der Waals surface area contributed by atoms with Gasteiger partial charge in [0.1, 0.15) is 0 Å². The molecule has 19 heavy (non-hydrogen) atoms. The number of carbonyl (C=O) groups excluding carboxylic acids is 1. The lowest BCUT2D eigenvalue weighted by Gasteiger charge is -2.34. The number of halogens is 1. The van der Waals surface area contributed by atoms with E-state index in [1.807, 2.05) is 0 Å². The number of ether oxygens (including phenoxy) is 1. The molecule has 1 amide bonds. The molecule has 5 nitrogen and oxygen atoms in total. The van der Waals surface area contributed by atoms with E-state index < -0.39 is 0 Å². The quantitative estimate of drug-likeness (QED) is 0.876. The smallest absolute Gasteiger partial charge is 0.256 e. The Bertz CT molecular complexity index is 467. The van der Waals surface area contributed by atoms with Gasteiger partial charge in [-0.1, -0.05) is 11.6 Å². The number of nitrogens with one attached hydrogen (secondary N) is 1. The van der Waals surface area contributed by atoms with Gasteiger partial charge in [0.15, 0.2) is 0 Å². The predicted molar refractivity (Wildman–Crippen MR) is 73.7 cm³/mol. The van der Waals surface area contributed by atoms with Crippen LogP contribution in [0, 0.1) is 0 Å². The van der Waals surface area contributed by atoms with Gasteiger partial charge in [-0.15, -0.1) is 0 Å². The third-order valence-electron chi connectivity index (χ3n) is 3.18. The number of amides is 1. The van der Waals surface area contributed by atoms with Crippen LogP contribution in [0.15, 0.2) is 18.2 Å². The van der Waals surface area contributed by atoms with Gasteiger partial charge in [-0.05, 0) is 18.2 Å². The molecule has 1 fully saturated rings. The van der Waals surface area contributed by atoms with Crippen LogP contribution < -0.4 is 5.32 Å². The molecule has 1 saturated heterocycles.